The molecule has 2 N–H and O–H groups in total. The van der Waals surface area contributed by atoms with Crippen molar-refractivity contribution in [2.24, 2.45) is 0 Å². The fourth-order valence-corrected chi connectivity index (χ4v) is 5.04. The Hall–Kier alpha value is -2.43. The molecule has 0 aromatic heterocycles. The average molecular weight is 428 g/mol. The molecule has 3 rings (SSSR count). The lowest BCUT2D eigenvalue weighted by Gasteiger charge is -2.39. The standard InChI is InChI=1S/C19H19F3N2O4S/c1-18(2)11-24(10-13-4-3-12(9-16(13)18)17(25)23-26)29(27,28)15-7-5-14(6-8-15)19(20,21)22/h3-9,26H,10-11H2,1-2H3,(H,23,25). The second kappa shape index (κ2) is 7.12. The first-order chi connectivity index (χ1) is 13.4. The van der Waals surface area contributed by atoms with Gasteiger partial charge >= 0.3 is 6.18 Å². The Morgan fingerprint density at radius 2 is 1.76 bits per heavy atom. The molecule has 1 heterocycles. The zero-order valence-corrected chi connectivity index (χ0v) is 16.4. The van der Waals surface area contributed by atoms with Gasteiger partial charge in [-0.05, 0) is 47.5 Å². The monoisotopic (exact) mass is 428 g/mol. The number of hydroxylamine groups is 1. The van der Waals surface area contributed by atoms with E-state index >= 15 is 0 Å². The molecule has 1 aliphatic rings. The normalized spacial score (nSPS) is 16.9. The van der Waals surface area contributed by atoms with Gasteiger partial charge in [-0.3, -0.25) is 10.0 Å². The molecule has 0 saturated heterocycles. The number of halogens is 3. The summed E-state index contributed by atoms with van der Waals surface area (Å²) in [5, 5.41) is 8.81. The van der Waals surface area contributed by atoms with Crippen LogP contribution in [0.25, 0.3) is 0 Å². The number of nitrogens with zero attached hydrogens (tertiary/aromatic N) is 1. The predicted molar refractivity (Wildman–Crippen MR) is 97.8 cm³/mol. The predicted octanol–water partition coefficient (Wildman–Crippen LogP) is 3.31. The second-order valence-electron chi connectivity index (χ2n) is 7.49. The van der Waals surface area contributed by atoms with E-state index in [0.717, 1.165) is 29.8 Å². The largest absolute Gasteiger partial charge is 0.416 e. The lowest BCUT2D eigenvalue weighted by Crippen LogP contribution is -2.45. The molecule has 0 radical (unpaired) electrons. The molecule has 0 aliphatic carbocycles. The fraction of sp³-hybridized carbons (Fsp3) is 0.316. The summed E-state index contributed by atoms with van der Waals surface area (Å²) in [5.74, 6) is -0.677. The average Bonchev–Trinajstić information content (AvgIpc) is 2.66. The third-order valence-corrected chi connectivity index (χ3v) is 6.75. The van der Waals surface area contributed by atoms with Crippen LogP contribution in [0.4, 0.5) is 13.2 Å². The first kappa shape index (κ1) is 21.3. The molecular formula is C19H19F3N2O4S. The lowest BCUT2D eigenvalue weighted by atomic mass is 9.78. The summed E-state index contributed by atoms with van der Waals surface area (Å²) in [6, 6.07) is 8.07. The Kier molecular flexibility index (Phi) is 5.22. The maximum atomic E-state index is 13.0. The van der Waals surface area contributed by atoms with E-state index in [2.05, 4.69) is 0 Å². The van der Waals surface area contributed by atoms with E-state index in [1.165, 1.54) is 10.4 Å². The Balaban J connectivity index is 1.96. The van der Waals surface area contributed by atoms with Crippen molar-refractivity contribution in [2.45, 2.75) is 36.9 Å². The molecule has 0 spiro atoms. The SMILES string of the molecule is CC1(C)CN(S(=O)(=O)c2ccc(C(F)(F)F)cc2)Cc2ccc(C(=O)NO)cc21. The molecule has 0 atom stereocenters. The second-order valence-corrected chi connectivity index (χ2v) is 9.43. The molecule has 156 valence electrons. The van der Waals surface area contributed by atoms with E-state index in [0.29, 0.717) is 5.56 Å². The van der Waals surface area contributed by atoms with Crippen molar-refractivity contribution in [3.8, 4) is 0 Å². The molecule has 2 aromatic rings. The van der Waals surface area contributed by atoms with Gasteiger partial charge in [0.15, 0.2) is 0 Å². The van der Waals surface area contributed by atoms with Crippen molar-refractivity contribution in [1.82, 2.24) is 9.79 Å². The number of hydrogen-bond acceptors (Lipinski definition) is 4. The summed E-state index contributed by atoms with van der Waals surface area (Å²) in [7, 11) is -4.02. The third-order valence-electron chi connectivity index (χ3n) is 4.94. The van der Waals surface area contributed by atoms with Crippen LogP contribution in [0.15, 0.2) is 47.4 Å². The zero-order valence-electron chi connectivity index (χ0n) is 15.6. The summed E-state index contributed by atoms with van der Waals surface area (Å²) >= 11 is 0. The maximum Gasteiger partial charge on any atom is 0.416 e. The number of nitrogens with one attached hydrogen (secondary N) is 1. The van der Waals surface area contributed by atoms with Gasteiger partial charge in [-0.1, -0.05) is 19.9 Å². The number of alkyl halides is 3. The highest BCUT2D eigenvalue weighted by Gasteiger charge is 2.38. The van der Waals surface area contributed by atoms with E-state index in [1.807, 2.05) is 0 Å². The van der Waals surface area contributed by atoms with Crippen LogP contribution in [-0.2, 0) is 28.2 Å². The Morgan fingerprint density at radius 1 is 1.14 bits per heavy atom. The van der Waals surface area contributed by atoms with Crippen LogP contribution in [-0.4, -0.2) is 30.4 Å². The van der Waals surface area contributed by atoms with E-state index in [9.17, 15) is 26.4 Å². The van der Waals surface area contributed by atoms with Gasteiger partial charge < -0.3 is 0 Å². The molecule has 1 aliphatic heterocycles. The number of benzene rings is 2. The van der Waals surface area contributed by atoms with Crippen LogP contribution in [0, 0.1) is 0 Å². The zero-order chi connectivity index (χ0) is 21.6. The van der Waals surface area contributed by atoms with Crippen LogP contribution in [0.2, 0.25) is 0 Å². The number of fused-ring (bicyclic) bond motifs is 1. The number of carbonyl (C=O) groups is 1. The maximum absolute atomic E-state index is 13.0. The van der Waals surface area contributed by atoms with E-state index < -0.39 is 33.1 Å². The van der Waals surface area contributed by atoms with Gasteiger partial charge in [-0.15, -0.1) is 0 Å². The fourth-order valence-electron chi connectivity index (χ4n) is 3.46. The van der Waals surface area contributed by atoms with E-state index in [4.69, 9.17) is 5.21 Å². The smallest absolute Gasteiger partial charge is 0.288 e. The molecule has 0 fully saturated rings. The number of amides is 1. The summed E-state index contributed by atoms with van der Waals surface area (Å²) in [5.41, 5.74) is 1.64. The molecule has 10 heteroatoms. The molecule has 29 heavy (non-hydrogen) atoms. The van der Waals surface area contributed by atoms with Crippen molar-refractivity contribution < 1.29 is 31.6 Å². The molecule has 0 unspecified atom stereocenters. The van der Waals surface area contributed by atoms with Crippen LogP contribution in [0.5, 0.6) is 0 Å². The van der Waals surface area contributed by atoms with Crippen molar-refractivity contribution in [3.63, 3.8) is 0 Å². The quantitative estimate of drug-likeness (QED) is 0.580. The number of carbonyl (C=O) groups excluding carboxylic acids is 1. The number of sulfonamides is 1. The topological polar surface area (TPSA) is 86.7 Å². The molecule has 6 nitrogen and oxygen atoms in total. The van der Waals surface area contributed by atoms with Crippen LogP contribution in [0.1, 0.15) is 40.9 Å². The van der Waals surface area contributed by atoms with Gasteiger partial charge in [0.1, 0.15) is 0 Å². The van der Waals surface area contributed by atoms with Crippen LogP contribution < -0.4 is 5.48 Å². The van der Waals surface area contributed by atoms with Crippen molar-refractivity contribution in [2.75, 3.05) is 6.54 Å². The van der Waals surface area contributed by atoms with Gasteiger partial charge in [-0.25, -0.2) is 13.9 Å². The number of hydrogen-bond donors (Lipinski definition) is 2. The summed E-state index contributed by atoms with van der Waals surface area (Å²) < 4.78 is 65.5. The highest BCUT2D eigenvalue weighted by molar-refractivity contribution is 7.89. The van der Waals surface area contributed by atoms with Gasteiger partial charge in [0.2, 0.25) is 10.0 Å². The molecule has 1 amide bonds. The molecule has 0 saturated carbocycles. The van der Waals surface area contributed by atoms with Gasteiger partial charge in [0.25, 0.3) is 5.91 Å². The summed E-state index contributed by atoms with van der Waals surface area (Å²) in [6.45, 7) is 3.71. The molecule has 0 bridgehead atoms. The molecule has 2 aromatic carbocycles. The number of rotatable bonds is 3. The van der Waals surface area contributed by atoms with E-state index in [-0.39, 0.29) is 23.5 Å². The Bertz CT molecular complexity index is 1050. The van der Waals surface area contributed by atoms with Crippen molar-refractivity contribution >= 4 is 15.9 Å². The van der Waals surface area contributed by atoms with Gasteiger partial charge in [0.05, 0.1) is 10.5 Å². The minimum atomic E-state index is -4.55. The highest BCUT2D eigenvalue weighted by Crippen LogP contribution is 2.37. The van der Waals surface area contributed by atoms with Gasteiger partial charge in [0, 0.05) is 24.1 Å². The van der Waals surface area contributed by atoms with E-state index in [1.54, 1.807) is 31.5 Å². The minimum Gasteiger partial charge on any atom is -0.288 e. The Morgan fingerprint density at radius 3 is 2.31 bits per heavy atom. The van der Waals surface area contributed by atoms with Crippen molar-refractivity contribution in [3.05, 3.63) is 64.7 Å². The summed E-state index contributed by atoms with van der Waals surface area (Å²) in [6.07, 6.45) is -4.55. The minimum absolute atomic E-state index is 0.0170. The first-order valence-electron chi connectivity index (χ1n) is 8.61. The summed E-state index contributed by atoms with van der Waals surface area (Å²) in [4.78, 5) is 11.4. The lowest BCUT2D eigenvalue weighted by molar-refractivity contribution is -0.137. The first-order valence-corrected chi connectivity index (χ1v) is 10.1. The van der Waals surface area contributed by atoms with Crippen LogP contribution in [0.3, 0.4) is 0 Å². The molecular weight excluding hydrogens is 409 g/mol. The van der Waals surface area contributed by atoms with Gasteiger partial charge in [-0.2, -0.15) is 17.5 Å². The highest BCUT2D eigenvalue weighted by atomic mass is 32.2. The Labute approximate surface area is 166 Å². The van der Waals surface area contributed by atoms with Crippen LogP contribution >= 0.6 is 0 Å². The third kappa shape index (κ3) is 4.00. The van der Waals surface area contributed by atoms with Crippen molar-refractivity contribution in [1.29, 1.82) is 0 Å².